The molecule has 1 aliphatic rings. The van der Waals surface area contributed by atoms with Gasteiger partial charge in [0.1, 0.15) is 0 Å². The molecule has 0 spiro atoms. The molecule has 25 heavy (non-hydrogen) atoms. The van der Waals surface area contributed by atoms with Gasteiger partial charge in [-0.05, 0) is 42.9 Å². The first-order valence-electron chi connectivity index (χ1n) is 8.83. The first-order chi connectivity index (χ1) is 12.1. The van der Waals surface area contributed by atoms with Gasteiger partial charge in [0.25, 0.3) is 5.91 Å². The van der Waals surface area contributed by atoms with Crippen molar-refractivity contribution in [2.75, 3.05) is 18.4 Å². The van der Waals surface area contributed by atoms with E-state index in [4.69, 9.17) is 0 Å². The molecule has 1 aliphatic heterocycles. The molecule has 2 aromatic rings. The third-order valence-corrected chi connectivity index (χ3v) is 4.74. The van der Waals surface area contributed by atoms with Gasteiger partial charge in [-0.15, -0.1) is 0 Å². The predicted molar refractivity (Wildman–Crippen MR) is 99.5 cm³/mol. The van der Waals surface area contributed by atoms with Crippen LogP contribution in [0.25, 0.3) is 0 Å². The van der Waals surface area contributed by atoms with Crippen molar-refractivity contribution in [1.82, 2.24) is 4.90 Å². The van der Waals surface area contributed by atoms with Crippen molar-refractivity contribution in [3.8, 4) is 0 Å². The van der Waals surface area contributed by atoms with E-state index in [1.165, 1.54) is 12.5 Å². The molecule has 0 saturated carbocycles. The van der Waals surface area contributed by atoms with Gasteiger partial charge >= 0.3 is 0 Å². The number of para-hydroxylation sites is 1. The largest absolute Gasteiger partial charge is 0.339 e. The van der Waals surface area contributed by atoms with Gasteiger partial charge in [0, 0.05) is 20.0 Å². The highest BCUT2D eigenvalue weighted by Gasteiger charge is 2.25. The van der Waals surface area contributed by atoms with Crippen LogP contribution in [0.1, 0.15) is 35.7 Å². The van der Waals surface area contributed by atoms with Crippen molar-refractivity contribution in [2.45, 2.75) is 26.2 Å². The molecule has 0 unspecified atom stereocenters. The highest BCUT2D eigenvalue weighted by atomic mass is 16.2. The van der Waals surface area contributed by atoms with Gasteiger partial charge in [0.2, 0.25) is 5.91 Å². The Labute approximate surface area is 148 Å². The Morgan fingerprint density at radius 2 is 1.64 bits per heavy atom. The molecule has 0 aromatic heterocycles. The average Bonchev–Trinajstić information content (AvgIpc) is 2.63. The lowest BCUT2D eigenvalue weighted by Gasteiger charge is -2.32. The fourth-order valence-corrected chi connectivity index (χ4v) is 3.43. The van der Waals surface area contributed by atoms with Crippen LogP contribution in [0.5, 0.6) is 0 Å². The highest BCUT2D eigenvalue weighted by Crippen LogP contribution is 2.24. The molecular formula is C21H24N2O2. The minimum Gasteiger partial charge on any atom is -0.339 e. The number of anilines is 1. The van der Waals surface area contributed by atoms with E-state index >= 15 is 0 Å². The number of rotatable bonds is 4. The number of carbonyl (C=O) groups is 2. The van der Waals surface area contributed by atoms with Gasteiger partial charge in [-0.3, -0.25) is 9.59 Å². The third-order valence-electron chi connectivity index (χ3n) is 4.74. The van der Waals surface area contributed by atoms with Crippen molar-refractivity contribution < 1.29 is 9.59 Å². The maximum Gasteiger partial charge on any atom is 0.255 e. The fraction of sp³-hybridized carbons (Fsp3) is 0.333. The Morgan fingerprint density at radius 1 is 1.00 bits per heavy atom. The number of amides is 2. The van der Waals surface area contributed by atoms with E-state index in [1.54, 1.807) is 12.1 Å². The smallest absolute Gasteiger partial charge is 0.255 e. The maximum atomic E-state index is 12.8. The normalized spacial score (nSPS) is 15.0. The summed E-state index contributed by atoms with van der Waals surface area (Å²) >= 11 is 0. The van der Waals surface area contributed by atoms with Crippen molar-refractivity contribution in [2.24, 2.45) is 5.92 Å². The van der Waals surface area contributed by atoms with Crippen molar-refractivity contribution >= 4 is 17.5 Å². The molecule has 0 radical (unpaired) electrons. The van der Waals surface area contributed by atoms with Gasteiger partial charge in [-0.25, -0.2) is 0 Å². The Balaban J connectivity index is 1.61. The Bertz CT molecular complexity index is 735. The monoisotopic (exact) mass is 336 g/mol. The van der Waals surface area contributed by atoms with Crippen LogP contribution in [0.15, 0.2) is 54.6 Å². The summed E-state index contributed by atoms with van der Waals surface area (Å²) in [6.07, 6.45) is 3.11. The molecular weight excluding hydrogens is 312 g/mol. The molecule has 1 N–H and O–H groups in total. The van der Waals surface area contributed by atoms with Crippen LogP contribution in [0, 0.1) is 5.92 Å². The number of piperidine rings is 1. The zero-order valence-electron chi connectivity index (χ0n) is 14.6. The minimum absolute atomic E-state index is 0.00233. The first-order valence-corrected chi connectivity index (χ1v) is 8.83. The van der Waals surface area contributed by atoms with Crippen LogP contribution < -0.4 is 5.32 Å². The molecule has 2 aromatic carbocycles. The van der Waals surface area contributed by atoms with E-state index in [0.29, 0.717) is 17.2 Å². The van der Waals surface area contributed by atoms with E-state index < -0.39 is 0 Å². The van der Waals surface area contributed by atoms with E-state index in [1.807, 2.05) is 23.1 Å². The molecule has 4 heteroatoms. The average molecular weight is 336 g/mol. The van der Waals surface area contributed by atoms with Crippen LogP contribution in [0.3, 0.4) is 0 Å². The Morgan fingerprint density at radius 3 is 2.32 bits per heavy atom. The van der Waals surface area contributed by atoms with Crippen LogP contribution in [0.2, 0.25) is 0 Å². The number of hydrogen-bond donors (Lipinski definition) is 1. The maximum absolute atomic E-state index is 12.8. The lowest BCUT2D eigenvalue weighted by atomic mass is 9.90. The van der Waals surface area contributed by atoms with Crippen LogP contribution in [-0.4, -0.2) is 29.8 Å². The zero-order valence-corrected chi connectivity index (χ0v) is 14.6. The molecule has 1 fully saturated rings. The molecule has 4 nitrogen and oxygen atoms in total. The summed E-state index contributed by atoms with van der Waals surface area (Å²) in [4.78, 5) is 26.1. The summed E-state index contributed by atoms with van der Waals surface area (Å²) in [5, 5.41) is 2.75. The molecule has 1 heterocycles. The van der Waals surface area contributed by atoms with Crippen molar-refractivity contribution in [3.63, 3.8) is 0 Å². The highest BCUT2D eigenvalue weighted by molar-refractivity contribution is 6.03. The summed E-state index contributed by atoms with van der Waals surface area (Å²) in [7, 11) is 0. The van der Waals surface area contributed by atoms with E-state index in [-0.39, 0.29) is 11.8 Å². The second-order valence-corrected chi connectivity index (χ2v) is 6.65. The topological polar surface area (TPSA) is 49.4 Å². The van der Waals surface area contributed by atoms with Gasteiger partial charge in [-0.1, -0.05) is 42.5 Å². The fourth-order valence-electron chi connectivity index (χ4n) is 3.43. The lowest BCUT2D eigenvalue weighted by Crippen LogP contribution is -2.39. The second-order valence-electron chi connectivity index (χ2n) is 6.65. The molecule has 0 bridgehead atoms. The van der Waals surface area contributed by atoms with E-state index in [9.17, 15) is 9.59 Å². The number of nitrogens with one attached hydrogen (secondary N) is 1. The van der Waals surface area contributed by atoms with Crippen molar-refractivity contribution in [3.05, 3.63) is 65.7 Å². The lowest BCUT2D eigenvalue weighted by molar-refractivity contribution is -0.114. The summed E-state index contributed by atoms with van der Waals surface area (Å²) in [5.74, 6) is 0.460. The van der Waals surface area contributed by atoms with Crippen molar-refractivity contribution in [1.29, 1.82) is 0 Å². The number of benzene rings is 2. The van der Waals surface area contributed by atoms with E-state index in [0.717, 1.165) is 32.4 Å². The van der Waals surface area contributed by atoms with Crippen LogP contribution in [0.4, 0.5) is 5.69 Å². The van der Waals surface area contributed by atoms with Crippen LogP contribution >= 0.6 is 0 Å². The summed E-state index contributed by atoms with van der Waals surface area (Å²) in [5.41, 5.74) is 2.52. The molecule has 0 atom stereocenters. The second kappa shape index (κ2) is 7.97. The standard InChI is InChI=1S/C21H24N2O2/c1-16(24)22-20-10-6-5-9-19(20)21(25)23-13-11-18(12-14-23)15-17-7-3-2-4-8-17/h2-10,18H,11-15H2,1H3,(H,22,24). The summed E-state index contributed by atoms with van der Waals surface area (Å²) in [6.45, 7) is 2.99. The van der Waals surface area contributed by atoms with Gasteiger partial charge in [0.15, 0.2) is 0 Å². The van der Waals surface area contributed by atoms with Gasteiger partial charge in [-0.2, -0.15) is 0 Å². The summed E-state index contributed by atoms with van der Waals surface area (Å²) < 4.78 is 0. The molecule has 3 rings (SSSR count). The SMILES string of the molecule is CC(=O)Nc1ccccc1C(=O)N1CCC(Cc2ccccc2)CC1. The van der Waals surface area contributed by atoms with Gasteiger partial charge in [0.05, 0.1) is 11.3 Å². The number of likely N-dealkylation sites (tertiary alicyclic amines) is 1. The molecule has 130 valence electrons. The van der Waals surface area contributed by atoms with E-state index in [2.05, 4.69) is 29.6 Å². The molecule has 2 amide bonds. The first kappa shape index (κ1) is 17.2. The zero-order chi connectivity index (χ0) is 17.6. The number of nitrogens with zero attached hydrogens (tertiary/aromatic N) is 1. The summed E-state index contributed by atoms with van der Waals surface area (Å²) in [6, 6.07) is 17.7. The van der Waals surface area contributed by atoms with Crippen LogP contribution in [-0.2, 0) is 11.2 Å². The Hall–Kier alpha value is -2.62. The molecule has 1 saturated heterocycles. The quantitative estimate of drug-likeness (QED) is 0.924. The number of carbonyl (C=O) groups excluding carboxylic acids is 2. The Kier molecular flexibility index (Phi) is 5.49. The number of hydrogen-bond acceptors (Lipinski definition) is 2. The third kappa shape index (κ3) is 4.47. The molecule has 0 aliphatic carbocycles. The minimum atomic E-state index is -0.165. The predicted octanol–water partition coefficient (Wildman–Crippen LogP) is 3.74. The van der Waals surface area contributed by atoms with Gasteiger partial charge < -0.3 is 10.2 Å².